The Morgan fingerprint density at radius 2 is 1.90 bits per heavy atom. The van der Waals surface area contributed by atoms with Gasteiger partial charge in [-0.1, -0.05) is 36.4 Å². The van der Waals surface area contributed by atoms with Gasteiger partial charge >= 0.3 is 0 Å². The predicted octanol–water partition coefficient (Wildman–Crippen LogP) is 0.141. The minimum absolute atomic E-state index is 0.0335. The fraction of sp³-hybridized carbons (Fsp3) is 0.400. The van der Waals surface area contributed by atoms with Crippen LogP contribution in [0, 0.1) is 0 Å². The van der Waals surface area contributed by atoms with E-state index in [2.05, 4.69) is 0 Å². The second-order valence-corrected chi connectivity index (χ2v) is 4.83. The Bertz CT molecular complexity index is 470. The van der Waals surface area contributed by atoms with Crippen LogP contribution in [-0.2, 0) is 9.53 Å². The van der Waals surface area contributed by atoms with Crippen molar-refractivity contribution in [3.8, 4) is 0 Å². The maximum atomic E-state index is 11.8. The number of benzene rings is 1. The molecule has 0 saturated carbocycles. The van der Waals surface area contributed by atoms with Crippen molar-refractivity contribution in [1.82, 2.24) is 0 Å². The lowest BCUT2D eigenvalue weighted by molar-refractivity contribution is -0.188. The van der Waals surface area contributed by atoms with E-state index in [1.54, 1.807) is 6.08 Å². The first-order valence-electron chi connectivity index (χ1n) is 6.49. The summed E-state index contributed by atoms with van der Waals surface area (Å²) in [5.74, 6) is -0.207. The van der Waals surface area contributed by atoms with Crippen LogP contribution in [0.1, 0.15) is 12.0 Å². The third-order valence-corrected chi connectivity index (χ3v) is 3.27. The number of rotatable bonds is 4. The summed E-state index contributed by atoms with van der Waals surface area (Å²) in [6, 6.07) is 9.37. The second kappa shape index (κ2) is 6.76. The van der Waals surface area contributed by atoms with Gasteiger partial charge in [0.05, 0.1) is 12.7 Å². The zero-order chi connectivity index (χ0) is 14.5. The molecule has 1 saturated heterocycles. The number of aliphatic hydroxyl groups is 3. The first-order valence-corrected chi connectivity index (χ1v) is 6.49. The van der Waals surface area contributed by atoms with Crippen LogP contribution in [0.2, 0.25) is 0 Å². The van der Waals surface area contributed by atoms with Crippen molar-refractivity contribution in [3.05, 3.63) is 42.0 Å². The number of ether oxygens (including phenoxy) is 1. The molecule has 0 aromatic heterocycles. The van der Waals surface area contributed by atoms with Gasteiger partial charge in [-0.2, -0.15) is 0 Å². The molecule has 1 aromatic rings. The summed E-state index contributed by atoms with van der Waals surface area (Å²) in [4.78, 5) is 11.8. The lowest BCUT2D eigenvalue weighted by atomic mass is 9.96. The number of carbonyl (C=O) groups is 1. The monoisotopic (exact) mass is 278 g/mol. The van der Waals surface area contributed by atoms with Crippen molar-refractivity contribution in [2.45, 2.75) is 30.8 Å². The molecule has 5 heteroatoms. The summed E-state index contributed by atoms with van der Waals surface area (Å²) < 4.78 is 5.18. The Kier molecular flexibility index (Phi) is 5.03. The van der Waals surface area contributed by atoms with E-state index in [-0.39, 0.29) is 18.8 Å². The molecule has 1 fully saturated rings. The summed E-state index contributed by atoms with van der Waals surface area (Å²) in [6.45, 7) is -0.0847. The van der Waals surface area contributed by atoms with E-state index in [4.69, 9.17) is 4.74 Å². The molecule has 0 spiro atoms. The third-order valence-electron chi connectivity index (χ3n) is 3.27. The topological polar surface area (TPSA) is 87.0 Å². The molecule has 0 aliphatic carbocycles. The van der Waals surface area contributed by atoms with E-state index in [0.717, 1.165) is 5.56 Å². The van der Waals surface area contributed by atoms with E-state index in [1.807, 2.05) is 30.3 Å². The first kappa shape index (κ1) is 14.9. The number of aliphatic hydroxyl groups excluding tert-OH is 3. The highest BCUT2D eigenvalue weighted by Gasteiger charge is 2.37. The summed E-state index contributed by atoms with van der Waals surface area (Å²) in [6.07, 6.45) is -1.37. The minimum Gasteiger partial charge on any atom is -0.388 e. The van der Waals surface area contributed by atoms with E-state index in [1.165, 1.54) is 6.08 Å². The van der Waals surface area contributed by atoms with Crippen molar-refractivity contribution in [2.75, 3.05) is 6.61 Å². The molecule has 2 rings (SSSR count). The van der Waals surface area contributed by atoms with Crippen LogP contribution in [0.25, 0.3) is 6.08 Å². The Balaban J connectivity index is 1.90. The van der Waals surface area contributed by atoms with Crippen molar-refractivity contribution in [3.63, 3.8) is 0 Å². The lowest BCUT2D eigenvalue weighted by Crippen LogP contribution is -2.53. The van der Waals surface area contributed by atoms with Crippen molar-refractivity contribution < 1.29 is 24.9 Å². The van der Waals surface area contributed by atoms with Crippen molar-refractivity contribution in [1.29, 1.82) is 0 Å². The standard InChI is InChI=1S/C15H18O5/c16-11(7-6-10-4-2-1-3-5-10)8-13-15(19)14(18)12(17)9-20-13/h1-7,12-15,17-19H,8-9H2/b7-6+/t12?,13?,14-,15-/m0/s1. The van der Waals surface area contributed by atoms with Gasteiger partial charge < -0.3 is 20.1 Å². The van der Waals surface area contributed by atoms with Gasteiger partial charge in [0, 0.05) is 6.42 Å². The second-order valence-electron chi connectivity index (χ2n) is 4.83. The van der Waals surface area contributed by atoms with Crippen LogP contribution in [0.4, 0.5) is 0 Å². The van der Waals surface area contributed by atoms with Crippen molar-refractivity contribution in [2.24, 2.45) is 0 Å². The van der Waals surface area contributed by atoms with Gasteiger partial charge in [0.25, 0.3) is 0 Å². The number of hydrogen-bond acceptors (Lipinski definition) is 5. The van der Waals surface area contributed by atoms with Gasteiger partial charge in [0.1, 0.15) is 18.3 Å². The van der Waals surface area contributed by atoms with E-state index < -0.39 is 24.4 Å². The van der Waals surface area contributed by atoms with Gasteiger partial charge in [-0.25, -0.2) is 0 Å². The van der Waals surface area contributed by atoms with Gasteiger partial charge in [0.2, 0.25) is 0 Å². The number of carbonyl (C=O) groups excluding carboxylic acids is 1. The maximum Gasteiger partial charge on any atom is 0.158 e. The Hall–Kier alpha value is -1.53. The SMILES string of the molecule is O=C(/C=C/c1ccccc1)CC1OCC(O)[C@H](O)[C@H]1O. The number of allylic oxidation sites excluding steroid dienone is 1. The summed E-state index contributed by atoms with van der Waals surface area (Å²) >= 11 is 0. The molecule has 4 atom stereocenters. The molecule has 1 aromatic carbocycles. The van der Waals surface area contributed by atoms with Crippen LogP contribution in [0.5, 0.6) is 0 Å². The van der Waals surface area contributed by atoms with Crippen LogP contribution in [-0.4, -0.2) is 52.1 Å². The highest BCUT2D eigenvalue weighted by molar-refractivity contribution is 5.93. The molecule has 5 nitrogen and oxygen atoms in total. The molecule has 1 aliphatic heterocycles. The van der Waals surface area contributed by atoms with E-state index >= 15 is 0 Å². The molecule has 3 N–H and O–H groups in total. The molecular weight excluding hydrogens is 260 g/mol. The van der Waals surface area contributed by atoms with Crippen LogP contribution < -0.4 is 0 Å². The summed E-state index contributed by atoms with van der Waals surface area (Å²) in [7, 11) is 0. The van der Waals surface area contributed by atoms with Gasteiger partial charge in [-0.3, -0.25) is 4.79 Å². The molecule has 2 unspecified atom stereocenters. The molecular formula is C15H18O5. The first-order chi connectivity index (χ1) is 9.58. The molecule has 20 heavy (non-hydrogen) atoms. The van der Waals surface area contributed by atoms with Crippen LogP contribution >= 0.6 is 0 Å². The Labute approximate surface area is 117 Å². The smallest absolute Gasteiger partial charge is 0.158 e. The highest BCUT2D eigenvalue weighted by atomic mass is 16.5. The fourth-order valence-corrected chi connectivity index (χ4v) is 2.07. The average Bonchev–Trinajstić information content (AvgIpc) is 2.47. The van der Waals surface area contributed by atoms with Gasteiger partial charge in [0.15, 0.2) is 5.78 Å². The maximum absolute atomic E-state index is 11.8. The summed E-state index contributed by atoms with van der Waals surface area (Å²) in [5.41, 5.74) is 0.904. The molecule has 1 aliphatic rings. The zero-order valence-electron chi connectivity index (χ0n) is 10.9. The molecule has 0 amide bonds. The van der Waals surface area contributed by atoms with E-state index in [9.17, 15) is 20.1 Å². The highest BCUT2D eigenvalue weighted by Crippen LogP contribution is 2.18. The number of ketones is 1. The number of hydrogen-bond donors (Lipinski definition) is 3. The lowest BCUT2D eigenvalue weighted by Gasteiger charge is -2.34. The van der Waals surface area contributed by atoms with Gasteiger partial charge in [-0.15, -0.1) is 0 Å². The van der Waals surface area contributed by atoms with Crippen LogP contribution in [0.15, 0.2) is 36.4 Å². The minimum atomic E-state index is -1.28. The average molecular weight is 278 g/mol. The van der Waals surface area contributed by atoms with Crippen LogP contribution in [0.3, 0.4) is 0 Å². The molecule has 1 heterocycles. The Morgan fingerprint density at radius 1 is 1.20 bits per heavy atom. The zero-order valence-corrected chi connectivity index (χ0v) is 10.9. The Morgan fingerprint density at radius 3 is 2.60 bits per heavy atom. The van der Waals surface area contributed by atoms with Gasteiger partial charge in [-0.05, 0) is 11.6 Å². The van der Waals surface area contributed by atoms with Crippen molar-refractivity contribution >= 4 is 11.9 Å². The predicted molar refractivity (Wildman–Crippen MR) is 72.9 cm³/mol. The van der Waals surface area contributed by atoms with E-state index in [0.29, 0.717) is 0 Å². The third kappa shape index (κ3) is 3.74. The molecule has 108 valence electrons. The normalized spacial score (nSPS) is 30.6. The quantitative estimate of drug-likeness (QED) is 0.682. The fourth-order valence-electron chi connectivity index (χ4n) is 2.07. The molecule has 0 bridgehead atoms. The molecule has 0 radical (unpaired) electrons. The summed E-state index contributed by atoms with van der Waals surface area (Å²) in [5, 5.41) is 28.6. The largest absolute Gasteiger partial charge is 0.388 e.